The Morgan fingerprint density at radius 2 is 1.62 bits per heavy atom. The molecular formula is C21H35N7O9. The zero-order valence-corrected chi connectivity index (χ0v) is 21.7. The summed E-state index contributed by atoms with van der Waals surface area (Å²) >= 11 is 0. The van der Waals surface area contributed by atoms with E-state index in [1.807, 2.05) is 0 Å². The number of carbonyl (C=O) groups excluding carboxylic acids is 5. The summed E-state index contributed by atoms with van der Waals surface area (Å²) in [5.41, 5.74) is 7.54. The zero-order valence-electron chi connectivity index (χ0n) is 21.7. The lowest BCUT2D eigenvalue weighted by molar-refractivity contribution is -0.142. The van der Waals surface area contributed by atoms with Gasteiger partial charge in [0.1, 0.15) is 30.3 Å². The van der Waals surface area contributed by atoms with Crippen molar-refractivity contribution in [3.05, 3.63) is 10.4 Å². The number of esters is 1. The van der Waals surface area contributed by atoms with Gasteiger partial charge < -0.3 is 35.8 Å². The summed E-state index contributed by atoms with van der Waals surface area (Å²) < 4.78 is 9.57. The first-order valence-corrected chi connectivity index (χ1v) is 11.3. The van der Waals surface area contributed by atoms with Gasteiger partial charge in [0.15, 0.2) is 0 Å². The third-order valence-corrected chi connectivity index (χ3v) is 4.50. The van der Waals surface area contributed by atoms with Gasteiger partial charge in [-0.15, -0.1) is 0 Å². The minimum atomic E-state index is -1.54. The highest BCUT2D eigenvalue weighted by molar-refractivity contribution is 5.94. The molecule has 0 aliphatic carbocycles. The minimum absolute atomic E-state index is 0.190. The number of carboxylic acids is 1. The van der Waals surface area contributed by atoms with Gasteiger partial charge in [-0.1, -0.05) is 19.0 Å². The fourth-order valence-corrected chi connectivity index (χ4v) is 2.72. The lowest BCUT2D eigenvalue weighted by Crippen LogP contribution is -2.59. The minimum Gasteiger partial charge on any atom is -0.480 e. The van der Waals surface area contributed by atoms with Crippen molar-refractivity contribution in [2.45, 2.75) is 71.2 Å². The first-order valence-electron chi connectivity index (χ1n) is 11.3. The second-order valence-electron chi connectivity index (χ2n) is 9.14. The van der Waals surface area contributed by atoms with Crippen LogP contribution in [0.1, 0.15) is 47.5 Å². The van der Waals surface area contributed by atoms with Gasteiger partial charge >= 0.3 is 18.0 Å². The quantitative estimate of drug-likeness (QED) is 0.0877. The van der Waals surface area contributed by atoms with Crippen molar-refractivity contribution in [3.8, 4) is 0 Å². The van der Waals surface area contributed by atoms with Gasteiger partial charge in [0.05, 0.1) is 13.7 Å². The van der Waals surface area contributed by atoms with Crippen LogP contribution in [0.25, 0.3) is 10.4 Å². The molecule has 208 valence electrons. The maximum Gasteiger partial charge on any atom is 0.407 e. The summed E-state index contributed by atoms with van der Waals surface area (Å²) in [6, 6.07) is -4.08. The molecule has 0 aliphatic heterocycles. The highest BCUT2D eigenvalue weighted by Gasteiger charge is 2.32. The standard InChI is InChI=1S/C21H35N7O9/c1-11(2)16(18(32)26-13(19(33)34)9-23-20(35)37-21(3,4)5)27-17(31)12(7-8-15(30)36-6)25-14(29)10-24-28-22/h11-13,16H,7-10H2,1-6H3,(H,23,35)(H,25,29)(H,26,32)(H,27,31)(H,33,34)/t12-,13-,16-/m0/s1. The first-order chi connectivity index (χ1) is 17.1. The Labute approximate surface area is 213 Å². The molecule has 0 aromatic rings. The van der Waals surface area contributed by atoms with Crippen LogP contribution in [0.5, 0.6) is 0 Å². The van der Waals surface area contributed by atoms with Crippen LogP contribution >= 0.6 is 0 Å². The Bertz CT molecular complexity index is 895. The van der Waals surface area contributed by atoms with Crippen LogP contribution in [0, 0.1) is 5.92 Å². The molecule has 0 saturated heterocycles. The van der Waals surface area contributed by atoms with E-state index in [0.717, 1.165) is 7.11 Å². The molecule has 4 amide bonds. The van der Waals surface area contributed by atoms with Gasteiger partial charge in [0.25, 0.3) is 0 Å². The van der Waals surface area contributed by atoms with Crippen LogP contribution in [0.15, 0.2) is 5.11 Å². The molecule has 0 radical (unpaired) electrons. The van der Waals surface area contributed by atoms with Crippen LogP contribution in [0.2, 0.25) is 0 Å². The van der Waals surface area contributed by atoms with E-state index in [9.17, 15) is 33.9 Å². The first kappa shape index (κ1) is 32.9. The number of rotatable bonds is 14. The van der Waals surface area contributed by atoms with E-state index in [1.54, 1.807) is 34.6 Å². The van der Waals surface area contributed by atoms with E-state index in [4.69, 9.17) is 10.3 Å². The Balaban J connectivity index is 5.46. The zero-order chi connectivity index (χ0) is 28.8. The number of nitrogens with zero attached hydrogens (tertiary/aromatic N) is 3. The molecular weight excluding hydrogens is 494 g/mol. The summed E-state index contributed by atoms with van der Waals surface area (Å²) in [6.07, 6.45) is -1.32. The number of ether oxygens (including phenoxy) is 2. The van der Waals surface area contributed by atoms with E-state index >= 15 is 0 Å². The smallest absolute Gasteiger partial charge is 0.407 e. The summed E-state index contributed by atoms with van der Waals surface area (Å²) in [5.74, 6) is -5.13. The number of hydrogen-bond donors (Lipinski definition) is 5. The molecule has 0 aromatic carbocycles. The van der Waals surface area contributed by atoms with E-state index in [1.165, 1.54) is 0 Å². The Morgan fingerprint density at radius 1 is 1.00 bits per heavy atom. The second kappa shape index (κ2) is 15.8. The molecule has 5 N–H and O–H groups in total. The lowest BCUT2D eigenvalue weighted by Gasteiger charge is -2.27. The molecule has 37 heavy (non-hydrogen) atoms. The van der Waals surface area contributed by atoms with Gasteiger partial charge in [-0.25, -0.2) is 9.59 Å². The number of aliphatic carboxylic acids is 1. The third kappa shape index (κ3) is 14.2. The second-order valence-corrected chi connectivity index (χ2v) is 9.14. The van der Waals surface area contributed by atoms with E-state index < -0.39 is 78.5 Å². The van der Waals surface area contributed by atoms with Gasteiger partial charge in [-0.05, 0) is 38.6 Å². The maximum atomic E-state index is 12.9. The number of azide groups is 1. The molecule has 0 rings (SSSR count). The molecule has 0 bridgehead atoms. The van der Waals surface area contributed by atoms with Crippen molar-refractivity contribution >= 4 is 35.8 Å². The van der Waals surface area contributed by atoms with Crippen molar-refractivity contribution in [3.63, 3.8) is 0 Å². The van der Waals surface area contributed by atoms with Gasteiger partial charge in [0, 0.05) is 11.3 Å². The molecule has 0 aliphatic rings. The molecule has 0 unspecified atom stereocenters. The number of hydrogen-bond acceptors (Lipinski definition) is 9. The fourth-order valence-electron chi connectivity index (χ4n) is 2.72. The van der Waals surface area contributed by atoms with E-state index in [2.05, 4.69) is 36.0 Å². The lowest BCUT2D eigenvalue weighted by atomic mass is 10.0. The molecule has 0 saturated carbocycles. The van der Waals surface area contributed by atoms with Gasteiger partial charge in [-0.3, -0.25) is 19.2 Å². The summed E-state index contributed by atoms with van der Waals surface area (Å²) in [4.78, 5) is 75.1. The molecule has 3 atom stereocenters. The molecule has 0 spiro atoms. The normalized spacial score (nSPS) is 13.2. The predicted octanol–water partition coefficient (Wildman–Crippen LogP) is -0.0304. The number of alkyl carbamates (subject to hydrolysis) is 1. The SMILES string of the molecule is COC(=O)CC[C@H](NC(=O)CN=[N+]=[N-])C(=O)N[C@H](C(=O)N[C@@H](CNC(=O)OC(C)(C)C)C(=O)O)C(C)C. The molecule has 16 heteroatoms. The highest BCUT2D eigenvalue weighted by atomic mass is 16.6. The molecule has 0 heterocycles. The van der Waals surface area contributed by atoms with Crippen molar-refractivity contribution in [1.29, 1.82) is 0 Å². The van der Waals surface area contributed by atoms with Crippen LogP contribution < -0.4 is 21.3 Å². The Kier molecular flexibility index (Phi) is 14.1. The largest absolute Gasteiger partial charge is 0.480 e. The van der Waals surface area contributed by atoms with Crippen LogP contribution in [-0.2, 0) is 33.4 Å². The van der Waals surface area contributed by atoms with Crippen molar-refractivity contribution in [2.75, 3.05) is 20.2 Å². The third-order valence-electron chi connectivity index (χ3n) is 4.50. The Morgan fingerprint density at radius 3 is 2.11 bits per heavy atom. The Hall–Kier alpha value is -4.07. The van der Waals surface area contributed by atoms with Crippen molar-refractivity contribution in [1.82, 2.24) is 21.3 Å². The summed E-state index contributed by atoms with van der Waals surface area (Å²) in [6.45, 7) is 6.94. The molecule has 16 nitrogen and oxygen atoms in total. The van der Waals surface area contributed by atoms with Crippen molar-refractivity contribution < 1.29 is 43.3 Å². The topological polar surface area (TPSA) is 238 Å². The molecule has 0 aromatic heterocycles. The number of nitrogens with one attached hydrogen (secondary N) is 4. The maximum absolute atomic E-state index is 12.9. The van der Waals surface area contributed by atoms with Gasteiger partial charge in [-0.2, -0.15) is 0 Å². The highest BCUT2D eigenvalue weighted by Crippen LogP contribution is 2.08. The van der Waals surface area contributed by atoms with Crippen LogP contribution in [0.3, 0.4) is 0 Å². The van der Waals surface area contributed by atoms with E-state index in [0.29, 0.717) is 0 Å². The van der Waals surface area contributed by atoms with Gasteiger partial charge in [0.2, 0.25) is 17.7 Å². The molecule has 0 fully saturated rings. The number of carbonyl (C=O) groups is 6. The van der Waals surface area contributed by atoms with E-state index in [-0.39, 0.29) is 12.8 Å². The summed E-state index contributed by atoms with van der Waals surface area (Å²) in [5, 5.41) is 21.8. The number of amides is 4. The van der Waals surface area contributed by atoms with Crippen LogP contribution in [0.4, 0.5) is 4.79 Å². The predicted molar refractivity (Wildman–Crippen MR) is 128 cm³/mol. The average molecular weight is 530 g/mol. The summed E-state index contributed by atoms with van der Waals surface area (Å²) in [7, 11) is 1.15. The average Bonchev–Trinajstić information content (AvgIpc) is 2.79. The van der Waals surface area contributed by atoms with Crippen LogP contribution in [-0.4, -0.2) is 84.8 Å². The van der Waals surface area contributed by atoms with Crippen molar-refractivity contribution in [2.24, 2.45) is 11.0 Å². The fraction of sp³-hybridized carbons (Fsp3) is 0.714. The number of carboxylic acid groups (broad SMARTS) is 1. The number of methoxy groups -OCH3 is 1. The monoisotopic (exact) mass is 529 g/mol.